The van der Waals surface area contributed by atoms with Crippen molar-refractivity contribution in [1.29, 1.82) is 0 Å². The topological polar surface area (TPSA) is 144 Å². The molecule has 12 heteroatoms. The predicted octanol–water partition coefficient (Wildman–Crippen LogP) is 1.28. The standard InChI is InChI=1S/C16H19N7O3S2/c1-16(2,3)23-20-10(12(24)18-14-19-15(27)22-21-14)11-13(25)17-8-6-4-5-7-9(8)28(11)26/h4-7,11,23H,1-3H3,(H,17,25)(H3,18,19,21,22,24,27)/b20-10-. The second kappa shape index (κ2) is 7.64. The van der Waals surface area contributed by atoms with Crippen LogP contribution in [0.15, 0.2) is 34.3 Å². The van der Waals surface area contributed by atoms with Crippen molar-refractivity contribution in [3.8, 4) is 0 Å². The third-order valence-electron chi connectivity index (χ3n) is 3.54. The van der Waals surface area contributed by atoms with Crippen LogP contribution in [-0.2, 0) is 20.4 Å². The van der Waals surface area contributed by atoms with Crippen LogP contribution in [0, 0.1) is 4.77 Å². The Morgan fingerprint density at radius 3 is 2.64 bits per heavy atom. The minimum atomic E-state index is -1.82. The first-order valence-electron chi connectivity index (χ1n) is 8.27. The van der Waals surface area contributed by atoms with Gasteiger partial charge in [-0.3, -0.25) is 29.3 Å². The number of nitrogens with zero attached hydrogens (tertiary/aromatic N) is 2. The second-order valence-electron chi connectivity index (χ2n) is 6.99. The smallest absolute Gasteiger partial charge is 0.276 e. The minimum Gasteiger partial charge on any atom is -0.324 e. The van der Waals surface area contributed by atoms with E-state index in [2.05, 4.69) is 36.3 Å². The Morgan fingerprint density at radius 1 is 1.29 bits per heavy atom. The Labute approximate surface area is 168 Å². The molecule has 0 fully saturated rings. The first-order chi connectivity index (χ1) is 13.2. The lowest BCUT2D eigenvalue weighted by Crippen LogP contribution is -2.48. The minimum absolute atomic E-state index is 0.0564. The van der Waals surface area contributed by atoms with E-state index in [1.54, 1.807) is 24.3 Å². The van der Waals surface area contributed by atoms with Crippen LogP contribution in [0.25, 0.3) is 0 Å². The summed E-state index contributed by atoms with van der Waals surface area (Å²) in [4.78, 5) is 29.8. The van der Waals surface area contributed by atoms with Gasteiger partial charge in [0.25, 0.3) is 5.91 Å². The van der Waals surface area contributed by atoms with E-state index >= 15 is 0 Å². The van der Waals surface area contributed by atoms with Crippen molar-refractivity contribution in [1.82, 2.24) is 20.6 Å². The molecule has 28 heavy (non-hydrogen) atoms. The molecular weight excluding hydrogens is 402 g/mol. The van der Waals surface area contributed by atoms with Gasteiger partial charge in [-0.05, 0) is 45.1 Å². The number of aromatic amines is 2. The third-order valence-corrected chi connectivity index (χ3v) is 5.39. The van der Waals surface area contributed by atoms with Crippen molar-refractivity contribution in [3.05, 3.63) is 29.0 Å². The summed E-state index contributed by atoms with van der Waals surface area (Å²) in [7, 11) is -1.82. The number of benzene rings is 1. The van der Waals surface area contributed by atoms with Crippen LogP contribution in [0.4, 0.5) is 11.6 Å². The first-order valence-corrected chi connectivity index (χ1v) is 9.89. The number of anilines is 2. The summed E-state index contributed by atoms with van der Waals surface area (Å²) in [6, 6.07) is 6.71. The summed E-state index contributed by atoms with van der Waals surface area (Å²) >= 11 is 4.85. The molecule has 1 aromatic heterocycles. The van der Waals surface area contributed by atoms with Crippen molar-refractivity contribution in [3.63, 3.8) is 0 Å². The Bertz CT molecular complexity index is 1040. The Morgan fingerprint density at radius 2 is 2.00 bits per heavy atom. The molecule has 1 aliphatic heterocycles. The zero-order valence-electron chi connectivity index (χ0n) is 15.3. The van der Waals surface area contributed by atoms with E-state index in [1.807, 2.05) is 20.8 Å². The molecule has 5 N–H and O–H groups in total. The average molecular weight is 422 g/mol. The number of hydrazone groups is 1. The molecule has 2 atom stereocenters. The Kier molecular flexibility index (Phi) is 5.42. The van der Waals surface area contributed by atoms with Gasteiger partial charge in [-0.2, -0.15) is 10.1 Å². The number of hydrogen-bond donors (Lipinski definition) is 5. The van der Waals surface area contributed by atoms with E-state index < -0.39 is 33.4 Å². The van der Waals surface area contributed by atoms with Crippen molar-refractivity contribution < 1.29 is 13.8 Å². The number of aromatic nitrogens is 3. The summed E-state index contributed by atoms with van der Waals surface area (Å²) in [5.41, 5.74) is 2.54. The number of amides is 2. The van der Waals surface area contributed by atoms with E-state index in [4.69, 9.17) is 12.2 Å². The maximum atomic E-state index is 13.1. The van der Waals surface area contributed by atoms with Crippen LogP contribution in [0.5, 0.6) is 0 Å². The lowest BCUT2D eigenvalue weighted by atomic mass is 10.1. The van der Waals surface area contributed by atoms with Crippen LogP contribution in [0.1, 0.15) is 20.8 Å². The molecule has 2 amide bonds. The fourth-order valence-corrected chi connectivity index (χ4v) is 3.91. The molecule has 148 valence electrons. The van der Waals surface area contributed by atoms with Crippen LogP contribution >= 0.6 is 12.2 Å². The van der Waals surface area contributed by atoms with Crippen molar-refractivity contribution in [2.75, 3.05) is 10.6 Å². The van der Waals surface area contributed by atoms with Gasteiger partial charge in [0.2, 0.25) is 16.6 Å². The summed E-state index contributed by atoms with van der Waals surface area (Å²) in [5.74, 6) is -1.26. The maximum absolute atomic E-state index is 13.1. The highest BCUT2D eigenvalue weighted by atomic mass is 32.2. The van der Waals surface area contributed by atoms with Crippen molar-refractivity contribution in [2.24, 2.45) is 5.10 Å². The zero-order chi connectivity index (χ0) is 20.5. The van der Waals surface area contributed by atoms with Gasteiger partial charge < -0.3 is 10.7 Å². The summed E-state index contributed by atoms with van der Waals surface area (Å²) in [5, 5.41) is 13.1. The van der Waals surface area contributed by atoms with Gasteiger partial charge in [-0.1, -0.05) is 12.1 Å². The van der Waals surface area contributed by atoms with Gasteiger partial charge in [0.15, 0.2) is 11.0 Å². The maximum Gasteiger partial charge on any atom is 0.276 e. The number of hydrogen-bond acceptors (Lipinski definition) is 7. The van der Waals surface area contributed by atoms with Gasteiger partial charge in [-0.15, -0.1) is 0 Å². The molecule has 2 aromatic rings. The normalized spacial score (nSPS) is 19.5. The summed E-state index contributed by atoms with van der Waals surface area (Å²) in [6.07, 6.45) is 0. The summed E-state index contributed by atoms with van der Waals surface area (Å²) in [6.45, 7) is 5.51. The molecule has 0 spiro atoms. The third kappa shape index (κ3) is 4.34. The molecule has 1 aliphatic rings. The lowest BCUT2D eigenvalue weighted by Gasteiger charge is -2.25. The molecule has 0 aliphatic carbocycles. The van der Waals surface area contributed by atoms with E-state index in [0.717, 1.165) is 0 Å². The highest BCUT2D eigenvalue weighted by Crippen LogP contribution is 2.28. The zero-order valence-corrected chi connectivity index (χ0v) is 17.0. The number of carbonyl (C=O) groups excluding carboxylic acids is 2. The highest BCUT2D eigenvalue weighted by Gasteiger charge is 2.40. The molecule has 2 heterocycles. The molecule has 0 saturated carbocycles. The van der Waals surface area contributed by atoms with E-state index in [9.17, 15) is 13.8 Å². The monoisotopic (exact) mass is 421 g/mol. The Balaban J connectivity index is 1.98. The van der Waals surface area contributed by atoms with Crippen molar-refractivity contribution in [2.45, 2.75) is 36.5 Å². The van der Waals surface area contributed by atoms with E-state index in [-0.39, 0.29) is 16.4 Å². The number of carbonyl (C=O) groups is 2. The molecule has 0 bridgehead atoms. The number of nitrogens with one attached hydrogen (secondary N) is 5. The van der Waals surface area contributed by atoms with Crippen LogP contribution in [0.3, 0.4) is 0 Å². The molecule has 3 rings (SSSR count). The van der Waals surface area contributed by atoms with Gasteiger partial charge in [0, 0.05) is 5.54 Å². The van der Waals surface area contributed by atoms with Gasteiger partial charge >= 0.3 is 0 Å². The number of H-pyrrole nitrogens is 2. The number of rotatable bonds is 4. The SMILES string of the molecule is CC(C)(C)N/N=C(\C(=O)Nc1nc(=S)[nH][nH]1)C1C(=O)Nc2ccccc2S1=O. The largest absolute Gasteiger partial charge is 0.324 e. The Hall–Kier alpha value is -2.86. The van der Waals surface area contributed by atoms with Crippen LogP contribution in [0.2, 0.25) is 0 Å². The van der Waals surface area contributed by atoms with Crippen LogP contribution < -0.4 is 16.1 Å². The van der Waals surface area contributed by atoms with Gasteiger partial charge in [0.05, 0.1) is 21.4 Å². The van der Waals surface area contributed by atoms with Crippen molar-refractivity contribution >= 4 is 52.2 Å². The molecule has 1 aromatic carbocycles. The fraction of sp³-hybridized carbons (Fsp3) is 0.312. The molecule has 0 radical (unpaired) electrons. The average Bonchev–Trinajstić information content (AvgIpc) is 3.01. The van der Waals surface area contributed by atoms with Crippen LogP contribution in [-0.4, -0.2) is 47.7 Å². The van der Waals surface area contributed by atoms with E-state index in [0.29, 0.717) is 10.6 Å². The lowest BCUT2D eigenvalue weighted by molar-refractivity contribution is -0.116. The molecular formula is C16H19N7O3S2. The first kappa shape index (κ1) is 19.9. The molecule has 2 unspecified atom stereocenters. The molecule has 0 saturated heterocycles. The predicted molar refractivity (Wildman–Crippen MR) is 108 cm³/mol. The fourth-order valence-electron chi connectivity index (χ4n) is 2.35. The number of para-hydroxylation sites is 1. The van der Waals surface area contributed by atoms with Gasteiger partial charge in [-0.25, -0.2) is 0 Å². The summed E-state index contributed by atoms with van der Waals surface area (Å²) < 4.78 is 13.2. The second-order valence-corrected chi connectivity index (χ2v) is 8.88. The quantitative estimate of drug-likeness (QED) is 0.286. The highest BCUT2D eigenvalue weighted by molar-refractivity contribution is 7.88. The van der Waals surface area contributed by atoms with Gasteiger partial charge in [0.1, 0.15) is 0 Å². The number of fused-ring (bicyclic) bond motifs is 1. The van der Waals surface area contributed by atoms with E-state index in [1.165, 1.54) is 0 Å². The molecule has 10 nitrogen and oxygen atoms in total.